The van der Waals surface area contributed by atoms with Gasteiger partial charge >= 0.3 is 0 Å². The van der Waals surface area contributed by atoms with E-state index in [4.69, 9.17) is 10.5 Å². The van der Waals surface area contributed by atoms with Crippen LogP contribution in [0.1, 0.15) is 25.7 Å². The highest BCUT2D eigenvalue weighted by molar-refractivity contribution is 6.00. The molecule has 0 bridgehead atoms. The molecular weight excluding hydrogens is 388 g/mol. The number of primary amides is 1. The Morgan fingerprint density at radius 1 is 1.13 bits per heavy atom. The summed E-state index contributed by atoms with van der Waals surface area (Å²) in [6.07, 6.45) is 1.50. The normalized spacial score (nSPS) is 19.6. The van der Waals surface area contributed by atoms with Crippen LogP contribution < -0.4 is 20.7 Å². The fourth-order valence-electron chi connectivity index (χ4n) is 3.90. The summed E-state index contributed by atoms with van der Waals surface area (Å²) in [6.45, 7) is 1.55. The number of rotatable bonds is 7. The minimum absolute atomic E-state index is 0.0550. The quantitative estimate of drug-likeness (QED) is 0.661. The molecule has 0 aliphatic carbocycles. The molecule has 9 nitrogen and oxygen atoms in total. The summed E-state index contributed by atoms with van der Waals surface area (Å²) in [5.74, 6) is -0.607. The van der Waals surface area contributed by atoms with Gasteiger partial charge in [-0.3, -0.25) is 19.2 Å². The number of carbonyl (C=O) groups excluding carboxylic acids is 4. The van der Waals surface area contributed by atoms with Gasteiger partial charge in [0, 0.05) is 50.6 Å². The molecule has 2 heterocycles. The minimum atomic E-state index is -0.444. The molecule has 1 aromatic rings. The van der Waals surface area contributed by atoms with Crippen LogP contribution >= 0.6 is 0 Å². The lowest BCUT2D eigenvalue weighted by Crippen LogP contribution is -2.43. The second kappa shape index (κ2) is 9.60. The number of nitrogens with zero attached hydrogens (tertiary/aromatic N) is 2. The Labute approximate surface area is 175 Å². The number of ether oxygens (including phenoxy) is 1. The van der Waals surface area contributed by atoms with Gasteiger partial charge in [-0.1, -0.05) is 0 Å². The molecule has 0 saturated carbocycles. The first-order chi connectivity index (χ1) is 14.4. The van der Waals surface area contributed by atoms with Crippen molar-refractivity contribution in [3.8, 4) is 5.75 Å². The average Bonchev–Trinajstić information content (AvgIpc) is 3.15. The number of carbonyl (C=O) groups is 4. The zero-order valence-electron chi connectivity index (χ0n) is 17.1. The topological polar surface area (TPSA) is 122 Å². The smallest absolute Gasteiger partial charge is 0.227 e. The van der Waals surface area contributed by atoms with Crippen LogP contribution in [0.4, 0.5) is 5.69 Å². The van der Waals surface area contributed by atoms with Gasteiger partial charge in [-0.05, 0) is 37.1 Å². The lowest BCUT2D eigenvalue weighted by molar-refractivity contribution is -0.135. The summed E-state index contributed by atoms with van der Waals surface area (Å²) in [5, 5.41) is 2.77. The number of methoxy groups -OCH3 is 1. The predicted molar refractivity (Wildman–Crippen MR) is 110 cm³/mol. The first kappa shape index (κ1) is 21.6. The summed E-state index contributed by atoms with van der Waals surface area (Å²) in [5.41, 5.74) is 6.04. The van der Waals surface area contributed by atoms with E-state index in [0.29, 0.717) is 38.2 Å². The molecule has 1 atom stereocenters. The van der Waals surface area contributed by atoms with Crippen molar-refractivity contribution in [3.05, 3.63) is 24.3 Å². The lowest BCUT2D eigenvalue weighted by Gasteiger charge is -2.30. The molecule has 0 radical (unpaired) electrons. The lowest BCUT2D eigenvalue weighted by atomic mass is 9.96. The first-order valence-electron chi connectivity index (χ1n) is 10.2. The number of anilines is 1. The fourth-order valence-corrected chi connectivity index (χ4v) is 3.90. The zero-order chi connectivity index (χ0) is 21.7. The SMILES string of the molecule is COc1ccc(N2CC(C(=O)NCCC(=O)N3CCC(C(N)=O)CC3)CC2=O)cc1. The van der Waals surface area contributed by atoms with Crippen LogP contribution in [-0.4, -0.2) is 61.8 Å². The summed E-state index contributed by atoms with van der Waals surface area (Å²) in [7, 11) is 1.57. The molecule has 9 heteroatoms. The highest BCUT2D eigenvalue weighted by Crippen LogP contribution is 2.27. The Hall–Kier alpha value is -3.10. The van der Waals surface area contributed by atoms with Crippen LogP contribution in [0.2, 0.25) is 0 Å². The average molecular weight is 416 g/mol. The fraction of sp³-hybridized carbons (Fsp3) is 0.524. The number of piperidine rings is 1. The van der Waals surface area contributed by atoms with Gasteiger partial charge in [-0.2, -0.15) is 0 Å². The van der Waals surface area contributed by atoms with Gasteiger partial charge in [-0.15, -0.1) is 0 Å². The van der Waals surface area contributed by atoms with E-state index in [9.17, 15) is 19.2 Å². The van der Waals surface area contributed by atoms with Crippen molar-refractivity contribution < 1.29 is 23.9 Å². The molecule has 2 fully saturated rings. The van der Waals surface area contributed by atoms with E-state index in [1.54, 1.807) is 41.2 Å². The van der Waals surface area contributed by atoms with Crippen LogP contribution in [0, 0.1) is 11.8 Å². The van der Waals surface area contributed by atoms with E-state index < -0.39 is 5.92 Å². The summed E-state index contributed by atoms with van der Waals surface area (Å²) >= 11 is 0. The number of hydrogen-bond donors (Lipinski definition) is 2. The van der Waals surface area contributed by atoms with E-state index >= 15 is 0 Å². The Balaban J connectivity index is 1.42. The zero-order valence-corrected chi connectivity index (χ0v) is 17.1. The van der Waals surface area contributed by atoms with Crippen LogP contribution in [0.3, 0.4) is 0 Å². The molecule has 0 aromatic heterocycles. The predicted octanol–water partition coefficient (Wildman–Crippen LogP) is 0.278. The Morgan fingerprint density at radius 3 is 2.40 bits per heavy atom. The monoisotopic (exact) mass is 416 g/mol. The molecule has 1 aromatic carbocycles. The van der Waals surface area contributed by atoms with Crippen LogP contribution in [0.25, 0.3) is 0 Å². The third-order valence-electron chi connectivity index (χ3n) is 5.77. The number of likely N-dealkylation sites (tertiary alicyclic amines) is 1. The van der Waals surface area contributed by atoms with E-state index in [-0.39, 0.29) is 48.9 Å². The number of benzene rings is 1. The summed E-state index contributed by atoms with van der Waals surface area (Å²) in [4.78, 5) is 51.6. The maximum Gasteiger partial charge on any atom is 0.227 e. The first-order valence-corrected chi connectivity index (χ1v) is 10.2. The highest BCUT2D eigenvalue weighted by Gasteiger charge is 2.35. The van der Waals surface area contributed by atoms with Gasteiger partial charge in [0.1, 0.15) is 5.75 Å². The standard InChI is InChI=1S/C21H28N4O5/c1-30-17-4-2-16(3-5-17)25-13-15(12-19(25)27)21(29)23-9-6-18(26)24-10-7-14(8-11-24)20(22)28/h2-5,14-15H,6-13H2,1H3,(H2,22,28)(H,23,29). The van der Waals surface area contributed by atoms with Crippen molar-refractivity contribution in [2.45, 2.75) is 25.7 Å². The number of nitrogens with one attached hydrogen (secondary N) is 1. The van der Waals surface area contributed by atoms with Gasteiger partial charge in [0.15, 0.2) is 0 Å². The molecule has 1 unspecified atom stereocenters. The van der Waals surface area contributed by atoms with Crippen LogP contribution in [-0.2, 0) is 19.2 Å². The van der Waals surface area contributed by atoms with E-state index in [1.807, 2.05) is 0 Å². The van der Waals surface area contributed by atoms with Gasteiger partial charge in [-0.25, -0.2) is 0 Å². The van der Waals surface area contributed by atoms with E-state index in [0.717, 1.165) is 5.69 Å². The maximum absolute atomic E-state index is 12.5. The van der Waals surface area contributed by atoms with Crippen molar-refractivity contribution in [2.24, 2.45) is 17.6 Å². The molecule has 2 aliphatic rings. The third-order valence-corrected chi connectivity index (χ3v) is 5.77. The van der Waals surface area contributed by atoms with Gasteiger partial charge < -0.3 is 25.6 Å². The minimum Gasteiger partial charge on any atom is -0.497 e. The molecule has 0 spiro atoms. The molecule has 4 amide bonds. The molecule has 3 rings (SSSR count). The van der Waals surface area contributed by atoms with Gasteiger partial charge in [0.05, 0.1) is 13.0 Å². The largest absolute Gasteiger partial charge is 0.497 e. The number of hydrogen-bond acceptors (Lipinski definition) is 5. The van der Waals surface area contributed by atoms with E-state index in [1.165, 1.54) is 0 Å². The van der Waals surface area contributed by atoms with Crippen molar-refractivity contribution in [1.29, 1.82) is 0 Å². The molecule has 2 aliphatic heterocycles. The number of amides is 4. The van der Waals surface area contributed by atoms with Gasteiger partial charge in [0.2, 0.25) is 23.6 Å². The van der Waals surface area contributed by atoms with Crippen LogP contribution in [0.15, 0.2) is 24.3 Å². The van der Waals surface area contributed by atoms with Gasteiger partial charge in [0.25, 0.3) is 0 Å². The van der Waals surface area contributed by atoms with Crippen molar-refractivity contribution in [1.82, 2.24) is 10.2 Å². The Kier molecular flexibility index (Phi) is 6.91. The van der Waals surface area contributed by atoms with E-state index in [2.05, 4.69) is 5.32 Å². The summed E-state index contributed by atoms with van der Waals surface area (Å²) in [6, 6.07) is 7.12. The highest BCUT2D eigenvalue weighted by atomic mass is 16.5. The Morgan fingerprint density at radius 2 is 1.80 bits per heavy atom. The summed E-state index contributed by atoms with van der Waals surface area (Å²) < 4.78 is 5.12. The molecular formula is C21H28N4O5. The molecule has 30 heavy (non-hydrogen) atoms. The molecule has 162 valence electrons. The molecule has 2 saturated heterocycles. The number of nitrogens with two attached hydrogens (primary N) is 1. The third kappa shape index (κ3) is 5.08. The second-order valence-corrected chi connectivity index (χ2v) is 7.70. The van der Waals surface area contributed by atoms with Crippen molar-refractivity contribution in [2.75, 3.05) is 38.2 Å². The second-order valence-electron chi connectivity index (χ2n) is 7.70. The van der Waals surface area contributed by atoms with Crippen molar-refractivity contribution in [3.63, 3.8) is 0 Å². The maximum atomic E-state index is 12.5. The van der Waals surface area contributed by atoms with Crippen molar-refractivity contribution >= 4 is 29.3 Å². The van der Waals surface area contributed by atoms with Crippen LogP contribution in [0.5, 0.6) is 5.75 Å². The Bertz CT molecular complexity index is 802. The molecule has 3 N–H and O–H groups in total.